The zero-order valence-corrected chi connectivity index (χ0v) is 11.5. The highest BCUT2D eigenvalue weighted by molar-refractivity contribution is 5.21. The Kier molecular flexibility index (Phi) is 3.44. The van der Waals surface area contributed by atoms with Gasteiger partial charge in [0.15, 0.2) is 0 Å². The van der Waals surface area contributed by atoms with E-state index in [0.29, 0.717) is 6.04 Å². The number of hydrogen-bond donors (Lipinski definition) is 1. The van der Waals surface area contributed by atoms with E-state index in [4.69, 9.17) is 4.42 Å². The molecule has 2 heterocycles. The average molecular weight is 248 g/mol. The van der Waals surface area contributed by atoms with Crippen molar-refractivity contribution in [1.82, 2.24) is 10.2 Å². The molecule has 100 valence electrons. The largest absolute Gasteiger partial charge is 0.465 e. The summed E-state index contributed by atoms with van der Waals surface area (Å²) in [6.07, 6.45) is 5.34. The smallest absolute Gasteiger partial charge is 0.118 e. The predicted molar refractivity (Wildman–Crippen MR) is 72.4 cm³/mol. The van der Waals surface area contributed by atoms with Crippen molar-refractivity contribution in [3.8, 4) is 0 Å². The lowest BCUT2D eigenvalue weighted by Crippen LogP contribution is -2.25. The third kappa shape index (κ3) is 2.78. The number of hydrogen-bond acceptors (Lipinski definition) is 3. The van der Waals surface area contributed by atoms with Crippen LogP contribution in [0.15, 0.2) is 10.5 Å². The van der Waals surface area contributed by atoms with E-state index in [2.05, 4.69) is 30.1 Å². The van der Waals surface area contributed by atoms with Gasteiger partial charge in [-0.1, -0.05) is 0 Å². The van der Waals surface area contributed by atoms with Crippen LogP contribution < -0.4 is 5.32 Å². The van der Waals surface area contributed by atoms with Crippen molar-refractivity contribution < 1.29 is 4.42 Å². The first-order chi connectivity index (χ1) is 8.72. The van der Waals surface area contributed by atoms with E-state index in [9.17, 15) is 0 Å². The Balaban J connectivity index is 1.59. The Morgan fingerprint density at radius 1 is 1.39 bits per heavy atom. The Bertz CT molecular complexity index is 409. The van der Waals surface area contributed by atoms with Crippen molar-refractivity contribution >= 4 is 0 Å². The molecule has 0 spiro atoms. The van der Waals surface area contributed by atoms with Gasteiger partial charge in [0, 0.05) is 24.2 Å². The number of aryl methyl sites for hydroxylation is 1. The molecule has 0 bridgehead atoms. The van der Waals surface area contributed by atoms with Crippen molar-refractivity contribution in [2.45, 2.75) is 64.7 Å². The molecule has 1 unspecified atom stereocenters. The standard InChI is InChI=1S/C15H24N2O/c1-11-4-3-7-17(11)10-15-8-13(12(2)18-15)9-16-14-5-6-14/h8,11,14,16H,3-7,9-10H2,1-2H3. The molecule has 1 N–H and O–H groups in total. The number of likely N-dealkylation sites (tertiary alicyclic amines) is 1. The summed E-state index contributed by atoms with van der Waals surface area (Å²) in [5.41, 5.74) is 1.34. The Hall–Kier alpha value is -0.800. The average Bonchev–Trinajstić information content (AvgIpc) is 3.00. The zero-order valence-electron chi connectivity index (χ0n) is 11.5. The van der Waals surface area contributed by atoms with Gasteiger partial charge in [0.2, 0.25) is 0 Å². The second-order valence-electron chi connectivity index (χ2n) is 5.91. The fourth-order valence-electron chi connectivity index (χ4n) is 2.81. The van der Waals surface area contributed by atoms with E-state index in [1.54, 1.807) is 0 Å². The number of nitrogens with zero attached hydrogens (tertiary/aromatic N) is 1. The molecule has 0 radical (unpaired) electrons. The molecule has 3 heteroatoms. The summed E-state index contributed by atoms with van der Waals surface area (Å²) in [6.45, 7) is 7.57. The quantitative estimate of drug-likeness (QED) is 0.868. The molecular weight excluding hydrogens is 224 g/mol. The van der Waals surface area contributed by atoms with Crippen LogP contribution in [0.4, 0.5) is 0 Å². The van der Waals surface area contributed by atoms with Gasteiger partial charge in [0.1, 0.15) is 11.5 Å². The van der Waals surface area contributed by atoms with Crippen LogP contribution in [-0.4, -0.2) is 23.5 Å². The lowest BCUT2D eigenvalue weighted by molar-refractivity contribution is 0.237. The second kappa shape index (κ2) is 5.06. The van der Waals surface area contributed by atoms with Gasteiger partial charge >= 0.3 is 0 Å². The Morgan fingerprint density at radius 2 is 2.22 bits per heavy atom. The lowest BCUT2D eigenvalue weighted by Gasteiger charge is -2.19. The summed E-state index contributed by atoms with van der Waals surface area (Å²) in [7, 11) is 0. The molecule has 0 aromatic carbocycles. The third-order valence-electron chi connectivity index (χ3n) is 4.28. The minimum absolute atomic E-state index is 0.712. The van der Waals surface area contributed by atoms with E-state index in [1.807, 2.05) is 0 Å². The molecule has 3 nitrogen and oxygen atoms in total. The fourth-order valence-corrected chi connectivity index (χ4v) is 2.81. The van der Waals surface area contributed by atoms with Crippen molar-refractivity contribution in [2.75, 3.05) is 6.54 Å². The van der Waals surface area contributed by atoms with Crippen LogP contribution in [-0.2, 0) is 13.1 Å². The summed E-state index contributed by atoms with van der Waals surface area (Å²) >= 11 is 0. The lowest BCUT2D eigenvalue weighted by atomic mass is 10.2. The molecule has 1 atom stereocenters. The minimum atomic E-state index is 0.712. The first-order valence-corrected chi connectivity index (χ1v) is 7.28. The van der Waals surface area contributed by atoms with E-state index >= 15 is 0 Å². The summed E-state index contributed by atoms with van der Waals surface area (Å²) < 4.78 is 5.90. The normalized spacial score (nSPS) is 24.9. The highest BCUT2D eigenvalue weighted by Gasteiger charge is 2.23. The number of nitrogens with one attached hydrogen (secondary N) is 1. The van der Waals surface area contributed by atoms with Gasteiger partial charge in [-0.2, -0.15) is 0 Å². The first-order valence-electron chi connectivity index (χ1n) is 7.28. The Labute approximate surface area is 110 Å². The first kappa shape index (κ1) is 12.2. The highest BCUT2D eigenvalue weighted by Crippen LogP contribution is 2.24. The summed E-state index contributed by atoms with van der Waals surface area (Å²) in [5, 5.41) is 3.56. The van der Waals surface area contributed by atoms with Crippen molar-refractivity contribution in [3.63, 3.8) is 0 Å². The number of rotatable bonds is 5. The molecule has 0 amide bonds. The van der Waals surface area contributed by atoms with Crippen LogP contribution in [0, 0.1) is 6.92 Å². The van der Waals surface area contributed by atoms with Gasteiger partial charge in [-0.05, 0) is 52.1 Å². The second-order valence-corrected chi connectivity index (χ2v) is 5.91. The van der Waals surface area contributed by atoms with E-state index in [-0.39, 0.29) is 0 Å². The van der Waals surface area contributed by atoms with Crippen molar-refractivity contribution in [3.05, 3.63) is 23.2 Å². The van der Waals surface area contributed by atoms with Crippen LogP contribution in [0.25, 0.3) is 0 Å². The molecule has 3 rings (SSSR count). The summed E-state index contributed by atoms with van der Waals surface area (Å²) in [6, 6.07) is 3.72. The Morgan fingerprint density at radius 3 is 2.89 bits per heavy atom. The van der Waals surface area contributed by atoms with E-state index < -0.39 is 0 Å². The molecule has 2 fully saturated rings. The molecule has 18 heavy (non-hydrogen) atoms. The SMILES string of the molecule is Cc1oc(CN2CCCC2C)cc1CNC1CC1. The minimum Gasteiger partial charge on any atom is -0.465 e. The van der Waals surface area contributed by atoms with Crippen LogP contribution >= 0.6 is 0 Å². The van der Waals surface area contributed by atoms with Crippen LogP contribution in [0.3, 0.4) is 0 Å². The van der Waals surface area contributed by atoms with Gasteiger partial charge in [-0.3, -0.25) is 4.90 Å². The van der Waals surface area contributed by atoms with E-state index in [0.717, 1.165) is 30.7 Å². The van der Waals surface area contributed by atoms with Crippen LogP contribution in [0.2, 0.25) is 0 Å². The molecule has 2 aliphatic rings. The molecule has 1 aromatic heterocycles. The monoisotopic (exact) mass is 248 g/mol. The van der Waals surface area contributed by atoms with Gasteiger partial charge < -0.3 is 9.73 Å². The maximum Gasteiger partial charge on any atom is 0.118 e. The van der Waals surface area contributed by atoms with Gasteiger partial charge in [-0.15, -0.1) is 0 Å². The predicted octanol–water partition coefficient (Wildman–Crippen LogP) is 2.82. The fraction of sp³-hybridized carbons (Fsp3) is 0.733. The summed E-state index contributed by atoms with van der Waals surface area (Å²) in [4.78, 5) is 2.52. The van der Waals surface area contributed by atoms with Gasteiger partial charge in [-0.25, -0.2) is 0 Å². The maximum absolute atomic E-state index is 5.90. The highest BCUT2D eigenvalue weighted by atomic mass is 16.3. The molecular formula is C15H24N2O. The number of furan rings is 1. The molecule has 1 saturated heterocycles. The molecule has 1 aliphatic heterocycles. The molecule has 1 saturated carbocycles. The van der Waals surface area contributed by atoms with Gasteiger partial charge in [0.25, 0.3) is 0 Å². The summed E-state index contributed by atoms with van der Waals surface area (Å²) in [5.74, 6) is 2.22. The van der Waals surface area contributed by atoms with Crippen LogP contribution in [0.1, 0.15) is 49.7 Å². The molecule has 1 aliphatic carbocycles. The topological polar surface area (TPSA) is 28.4 Å². The zero-order chi connectivity index (χ0) is 12.5. The molecule has 1 aromatic rings. The van der Waals surface area contributed by atoms with Crippen molar-refractivity contribution in [1.29, 1.82) is 0 Å². The van der Waals surface area contributed by atoms with Crippen molar-refractivity contribution in [2.24, 2.45) is 0 Å². The third-order valence-corrected chi connectivity index (χ3v) is 4.28. The van der Waals surface area contributed by atoms with E-state index in [1.165, 1.54) is 37.8 Å². The van der Waals surface area contributed by atoms with Crippen LogP contribution in [0.5, 0.6) is 0 Å². The maximum atomic E-state index is 5.90. The van der Waals surface area contributed by atoms with Gasteiger partial charge in [0.05, 0.1) is 6.54 Å².